The third-order valence-electron chi connectivity index (χ3n) is 3.25. The summed E-state index contributed by atoms with van der Waals surface area (Å²) >= 11 is 0. The Balaban J connectivity index is 2.06. The lowest BCUT2D eigenvalue weighted by Crippen LogP contribution is -2.15. The topological polar surface area (TPSA) is 70.4 Å². The second-order valence-electron chi connectivity index (χ2n) is 4.70. The Morgan fingerprint density at radius 2 is 2.19 bits per heavy atom. The van der Waals surface area contributed by atoms with Crippen LogP contribution in [0.4, 0.5) is 8.78 Å². The maximum absolute atomic E-state index is 11.9. The summed E-state index contributed by atoms with van der Waals surface area (Å²) in [7, 11) is 0. The first-order valence-electron chi connectivity index (χ1n) is 6.77. The molecule has 2 aromatic rings. The van der Waals surface area contributed by atoms with Crippen LogP contribution in [0, 0.1) is 0 Å². The van der Waals surface area contributed by atoms with E-state index in [2.05, 4.69) is 0 Å². The number of oxazole rings is 1. The van der Waals surface area contributed by atoms with E-state index in [9.17, 15) is 13.6 Å². The lowest BCUT2D eigenvalue weighted by molar-refractivity contribution is 0.0152. The fourth-order valence-electron chi connectivity index (χ4n) is 2.16. The van der Waals surface area contributed by atoms with Crippen LogP contribution in [0.2, 0.25) is 0 Å². The molecule has 1 aromatic carbocycles. The zero-order valence-corrected chi connectivity index (χ0v) is 11.7. The van der Waals surface area contributed by atoms with Crippen LogP contribution in [0.5, 0.6) is 0 Å². The second-order valence-corrected chi connectivity index (χ2v) is 4.70. The Morgan fingerprint density at radius 3 is 2.86 bits per heavy atom. The number of aryl methyl sites for hydroxylation is 1. The molecule has 1 heterocycles. The van der Waals surface area contributed by atoms with Gasteiger partial charge in [0, 0.05) is 19.2 Å². The van der Waals surface area contributed by atoms with E-state index < -0.39 is 18.8 Å². The van der Waals surface area contributed by atoms with Gasteiger partial charge in [-0.15, -0.1) is 0 Å². The molecule has 0 aliphatic carbocycles. The minimum atomic E-state index is -2.47. The number of nitrogens with zero attached hydrogens (tertiary/aromatic N) is 1. The molecule has 1 aromatic heterocycles. The number of halogens is 2. The molecule has 5 nitrogen and oxygen atoms in total. The molecule has 0 radical (unpaired) electrons. The number of ether oxygens (including phenoxy) is 1. The average Bonchev–Trinajstić information content (AvgIpc) is 2.77. The first kappa shape index (κ1) is 15.7. The summed E-state index contributed by atoms with van der Waals surface area (Å²) in [6.07, 6.45) is -2.06. The summed E-state index contributed by atoms with van der Waals surface area (Å²) in [5, 5.41) is 0. The van der Waals surface area contributed by atoms with Crippen LogP contribution in [-0.4, -0.2) is 24.2 Å². The number of fused-ring (bicyclic) bond motifs is 1. The van der Waals surface area contributed by atoms with Gasteiger partial charge in [0.2, 0.25) is 0 Å². The normalized spacial score (nSPS) is 13.2. The Labute approximate surface area is 120 Å². The highest BCUT2D eigenvalue weighted by atomic mass is 19.3. The lowest BCUT2D eigenvalue weighted by atomic mass is 10.0. The van der Waals surface area contributed by atoms with E-state index in [1.807, 2.05) is 6.92 Å². The Bertz CT molecular complexity index is 651. The van der Waals surface area contributed by atoms with Crippen LogP contribution in [0.3, 0.4) is 0 Å². The molecule has 116 valence electrons. The molecule has 2 rings (SSSR count). The molecular weight excluding hydrogens is 282 g/mol. The van der Waals surface area contributed by atoms with Crippen molar-refractivity contribution in [2.75, 3.05) is 13.2 Å². The maximum atomic E-state index is 11.9. The van der Waals surface area contributed by atoms with Gasteiger partial charge in [0.1, 0.15) is 6.61 Å². The van der Waals surface area contributed by atoms with Gasteiger partial charge in [-0.2, -0.15) is 0 Å². The van der Waals surface area contributed by atoms with Crippen LogP contribution in [-0.2, 0) is 11.3 Å². The molecule has 0 bridgehead atoms. The second kappa shape index (κ2) is 6.82. The SMILES string of the molecule is CCn1c(=O)oc2cc(C(N)CCOCC(F)F)ccc21. The lowest BCUT2D eigenvalue weighted by Gasteiger charge is -2.12. The molecule has 1 atom stereocenters. The van der Waals surface area contributed by atoms with Crippen molar-refractivity contribution in [1.29, 1.82) is 0 Å². The minimum absolute atomic E-state index is 0.156. The van der Waals surface area contributed by atoms with Gasteiger partial charge < -0.3 is 14.9 Å². The van der Waals surface area contributed by atoms with Crippen LogP contribution >= 0.6 is 0 Å². The molecule has 0 fully saturated rings. The fraction of sp³-hybridized carbons (Fsp3) is 0.500. The van der Waals surface area contributed by atoms with Crippen molar-refractivity contribution >= 4 is 11.1 Å². The van der Waals surface area contributed by atoms with Crippen molar-refractivity contribution in [2.45, 2.75) is 32.4 Å². The summed E-state index contributed by atoms with van der Waals surface area (Å²) in [5.41, 5.74) is 7.95. The number of benzene rings is 1. The Hall–Kier alpha value is -1.73. The molecule has 0 spiro atoms. The summed E-state index contributed by atoms with van der Waals surface area (Å²) < 4.78 is 35.4. The molecule has 0 saturated carbocycles. The molecule has 2 N–H and O–H groups in total. The van der Waals surface area contributed by atoms with Gasteiger partial charge in [-0.25, -0.2) is 13.6 Å². The highest BCUT2D eigenvalue weighted by molar-refractivity contribution is 5.73. The molecule has 1 unspecified atom stereocenters. The van der Waals surface area contributed by atoms with Gasteiger partial charge >= 0.3 is 5.76 Å². The van der Waals surface area contributed by atoms with Crippen molar-refractivity contribution in [2.24, 2.45) is 5.73 Å². The summed E-state index contributed by atoms with van der Waals surface area (Å²) in [5.74, 6) is -0.404. The van der Waals surface area contributed by atoms with Gasteiger partial charge in [0.05, 0.1) is 5.52 Å². The first-order valence-corrected chi connectivity index (χ1v) is 6.77. The molecule has 0 aliphatic rings. The Kier molecular flexibility index (Phi) is 5.08. The van der Waals surface area contributed by atoms with Crippen LogP contribution in [0.25, 0.3) is 11.1 Å². The zero-order chi connectivity index (χ0) is 15.4. The van der Waals surface area contributed by atoms with Gasteiger partial charge in [0.25, 0.3) is 6.43 Å². The van der Waals surface area contributed by atoms with Crippen molar-refractivity contribution in [3.63, 3.8) is 0 Å². The van der Waals surface area contributed by atoms with Crippen LogP contribution in [0.15, 0.2) is 27.4 Å². The molecule has 0 amide bonds. The standard InChI is InChI=1S/C14H18F2N2O3/c1-2-18-11-4-3-9(7-12(11)21-14(18)19)10(17)5-6-20-8-13(15)16/h3-4,7,10,13H,2,5-6,8,17H2,1H3. The van der Waals surface area contributed by atoms with Crippen LogP contribution < -0.4 is 11.5 Å². The molecular formula is C14H18F2N2O3. The Morgan fingerprint density at radius 1 is 1.43 bits per heavy atom. The van der Waals surface area contributed by atoms with E-state index in [1.165, 1.54) is 4.57 Å². The molecule has 0 saturated heterocycles. The first-order chi connectivity index (χ1) is 10.0. The van der Waals surface area contributed by atoms with Gasteiger partial charge in [-0.05, 0) is 31.0 Å². The third kappa shape index (κ3) is 3.68. The van der Waals surface area contributed by atoms with E-state index in [0.717, 1.165) is 5.56 Å². The molecule has 21 heavy (non-hydrogen) atoms. The number of hydrogen-bond donors (Lipinski definition) is 1. The largest absolute Gasteiger partial charge is 0.419 e. The average molecular weight is 300 g/mol. The highest BCUT2D eigenvalue weighted by Gasteiger charge is 2.12. The number of rotatable bonds is 7. The molecule has 7 heteroatoms. The quantitative estimate of drug-likeness (QED) is 0.796. The zero-order valence-electron chi connectivity index (χ0n) is 11.7. The van der Waals surface area contributed by atoms with Crippen molar-refractivity contribution < 1.29 is 17.9 Å². The van der Waals surface area contributed by atoms with E-state index in [1.54, 1.807) is 18.2 Å². The maximum Gasteiger partial charge on any atom is 0.419 e. The molecule has 0 aliphatic heterocycles. The predicted octanol–water partition coefficient (Wildman–Crippen LogP) is 2.29. The van der Waals surface area contributed by atoms with Gasteiger partial charge in [-0.3, -0.25) is 4.57 Å². The predicted molar refractivity (Wildman–Crippen MR) is 74.5 cm³/mol. The number of alkyl halides is 2. The summed E-state index contributed by atoms with van der Waals surface area (Å²) in [6, 6.07) is 4.93. The third-order valence-corrected chi connectivity index (χ3v) is 3.25. The van der Waals surface area contributed by atoms with Crippen molar-refractivity contribution in [3.8, 4) is 0 Å². The van der Waals surface area contributed by atoms with Crippen LogP contribution in [0.1, 0.15) is 24.9 Å². The highest BCUT2D eigenvalue weighted by Crippen LogP contribution is 2.20. The van der Waals surface area contributed by atoms with Crippen molar-refractivity contribution in [1.82, 2.24) is 4.57 Å². The summed E-state index contributed by atoms with van der Waals surface area (Å²) in [4.78, 5) is 11.6. The fourth-order valence-corrected chi connectivity index (χ4v) is 2.16. The monoisotopic (exact) mass is 300 g/mol. The number of aromatic nitrogens is 1. The summed E-state index contributed by atoms with van der Waals surface area (Å²) in [6.45, 7) is 1.96. The van der Waals surface area contributed by atoms with E-state index in [-0.39, 0.29) is 12.6 Å². The number of nitrogens with two attached hydrogens (primary N) is 1. The number of hydrogen-bond acceptors (Lipinski definition) is 4. The smallest absolute Gasteiger partial charge is 0.408 e. The van der Waals surface area contributed by atoms with E-state index >= 15 is 0 Å². The van der Waals surface area contributed by atoms with E-state index in [4.69, 9.17) is 14.9 Å². The van der Waals surface area contributed by atoms with E-state index in [0.29, 0.717) is 24.1 Å². The minimum Gasteiger partial charge on any atom is -0.408 e. The van der Waals surface area contributed by atoms with Gasteiger partial charge in [-0.1, -0.05) is 6.07 Å². The van der Waals surface area contributed by atoms with Gasteiger partial charge in [0.15, 0.2) is 5.58 Å². The van der Waals surface area contributed by atoms with Crippen molar-refractivity contribution in [3.05, 3.63) is 34.3 Å².